The Morgan fingerprint density at radius 2 is 2.06 bits per heavy atom. The van der Waals surface area contributed by atoms with Crippen LogP contribution in [0.15, 0.2) is 18.3 Å². The fraction of sp³-hybridized carbons (Fsp3) is 0.538. The molecule has 0 aromatic carbocycles. The van der Waals surface area contributed by atoms with Gasteiger partial charge in [-0.3, -0.25) is 9.78 Å². The van der Waals surface area contributed by atoms with Gasteiger partial charge in [-0.1, -0.05) is 6.92 Å². The fourth-order valence-electron chi connectivity index (χ4n) is 1.60. The van der Waals surface area contributed by atoms with Crippen molar-refractivity contribution in [2.75, 3.05) is 25.0 Å². The number of nitrogens with zero attached hydrogens (tertiary/aromatic N) is 2. The summed E-state index contributed by atoms with van der Waals surface area (Å²) in [6.07, 6.45) is 2.73. The summed E-state index contributed by atoms with van der Waals surface area (Å²) in [7, 11) is 0. The number of aromatic nitrogens is 1. The molecule has 0 saturated carbocycles. The summed E-state index contributed by atoms with van der Waals surface area (Å²) in [6, 6.07) is 3.70. The third-order valence-electron chi connectivity index (χ3n) is 2.61. The molecule has 1 heterocycles. The summed E-state index contributed by atoms with van der Waals surface area (Å²) in [6.45, 7) is 8.38. The summed E-state index contributed by atoms with van der Waals surface area (Å²) in [5.74, 6) is -0.00449. The number of carbonyl (C=O) groups excluding carboxylic acids is 1. The standard InChI is InChI=1S/C13H21N3O/c1-4-8-14-11-7-9-15-12(10-11)13(17)16(5-2)6-3/h7,9-10H,4-6,8H2,1-3H3,(H,14,15). The average Bonchev–Trinajstić information content (AvgIpc) is 2.38. The normalized spacial score (nSPS) is 10.1. The summed E-state index contributed by atoms with van der Waals surface area (Å²) in [5.41, 5.74) is 1.46. The maximum absolute atomic E-state index is 12.1. The van der Waals surface area contributed by atoms with Crippen molar-refractivity contribution in [1.82, 2.24) is 9.88 Å². The Hall–Kier alpha value is -1.58. The molecule has 4 nitrogen and oxygen atoms in total. The molecular formula is C13H21N3O. The molecule has 0 spiro atoms. The molecule has 1 amide bonds. The van der Waals surface area contributed by atoms with E-state index in [1.165, 1.54) is 0 Å². The molecule has 0 saturated heterocycles. The monoisotopic (exact) mass is 235 g/mol. The van der Waals surface area contributed by atoms with E-state index < -0.39 is 0 Å². The van der Waals surface area contributed by atoms with Gasteiger partial charge in [0.15, 0.2) is 0 Å². The van der Waals surface area contributed by atoms with Crippen LogP contribution in [0.4, 0.5) is 5.69 Å². The van der Waals surface area contributed by atoms with Gasteiger partial charge < -0.3 is 10.2 Å². The van der Waals surface area contributed by atoms with Crippen LogP contribution >= 0.6 is 0 Å². The van der Waals surface area contributed by atoms with E-state index >= 15 is 0 Å². The highest BCUT2D eigenvalue weighted by Crippen LogP contribution is 2.10. The second kappa shape index (κ2) is 6.89. The van der Waals surface area contributed by atoms with E-state index in [0.717, 1.165) is 18.7 Å². The smallest absolute Gasteiger partial charge is 0.272 e. The first kappa shape index (κ1) is 13.5. The van der Waals surface area contributed by atoms with Gasteiger partial charge in [0.2, 0.25) is 0 Å². The van der Waals surface area contributed by atoms with Crippen molar-refractivity contribution in [3.05, 3.63) is 24.0 Å². The lowest BCUT2D eigenvalue weighted by Gasteiger charge is -2.18. The zero-order valence-corrected chi connectivity index (χ0v) is 10.9. The largest absolute Gasteiger partial charge is 0.385 e. The van der Waals surface area contributed by atoms with Crippen LogP contribution in [0, 0.1) is 0 Å². The number of hydrogen-bond acceptors (Lipinski definition) is 3. The number of pyridine rings is 1. The van der Waals surface area contributed by atoms with Crippen molar-refractivity contribution in [3.8, 4) is 0 Å². The van der Waals surface area contributed by atoms with Crippen molar-refractivity contribution < 1.29 is 4.79 Å². The van der Waals surface area contributed by atoms with Crippen LogP contribution in [0.2, 0.25) is 0 Å². The maximum Gasteiger partial charge on any atom is 0.272 e. The molecule has 94 valence electrons. The van der Waals surface area contributed by atoms with Crippen molar-refractivity contribution >= 4 is 11.6 Å². The molecule has 1 rings (SSSR count). The topological polar surface area (TPSA) is 45.2 Å². The molecule has 0 fully saturated rings. The van der Waals surface area contributed by atoms with E-state index in [0.29, 0.717) is 18.8 Å². The summed E-state index contributed by atoms with van der Waals surface area (Å²) in [5, 5.41) is 3.25. The lowest BCUT2D eigenvalue weighted by Crippen LogP contribution is -2.31. The molecule has 0 unspecified atom stereocenters. The van der Waals surface area contributed by atoms with Crippen LogP contribution in [0.3, 0.4) is 0 Å². The van der Waals surface area contributed by atoms with Crippen LogP contribution < -0.4 is 5.32 Å². The van der Waals surface area contributed by atoms with Crippen molar-refractivity contribution in [1.29, 1.82) is 0 Å². The Morgan fingerprint density at radius 1 is 1.35 bits per heavy atom. The molecule has 0 aliphatic carbocycles. The Labute approximate surface area is 103 Å². The van der Waals surface area contributed by atoms with E-state index in [1.807, 2.05) is 26.0 Å². The Kier molecular flexibility index (Phi) is 5.46. The van der Waals surface area contributed by atoms with Crippen LogP contribution in [-0.4, -0.2) is 35.4 Å². The number of amides is 1. The zero-order chi connectivity index (χ0) is 12.7. The minimum absolute atomic E-state index is 0.00449. The lowest BCUT2D eigenvalue weighted by molar-refractivity contribution is 0.0767. The second-order valence-electron chi connectivity index (χ2n) is 3.83. The minimum atomic E-state index is -0.00449. The Bertz CT molecular complexity index is 361. The number of nitrogens with one attached hydrogen (secondary N) is 1. The van der Waals surface area contributed by atoms with Crippen molar-refractivity contribution in [2.45, 2.75) is 27.2 Å². The molecule has 0 aliphatic rings. The number of rotatable bonds is 6. The molecule has 1 N–H and O–H groups in total. The number of anilines is 1. The number of hydrogen-bond donors (Lipinski definition) is 1. The fourth-order valence-corrected chi connectivity index (χ4v) is 1.60. The van der Waals surface area contributed by atoms with Gasteiger partial charge >= 0.3 is 0 Å². The van der Waals surface area contributed by atoms with Gasteiger partial charge in [-0.2, -0.15) is 0 Å². The minimum Gasteiger partial charge on any atom is -0.385 e. The van der Waals surface area contributed by atoms with E-state index in [2.05, 4.69) is 17.2 Å². The average molecular weight is 235 g/mol. The van der Waals surface area contributed by atoms with Gasteiger partial charge in [-0.25, -0.2) is 0 Å². The molecule has 17 heavy (non-hydrogen) atoms. The highest BCUT2D eigenvalue weighted by molar-refractivity contribution is 5.93. The Balaban J connectivity index is 2.79. The van der Waals surface area contributed by atoms with Crippen LogP contribution in [0.25, 0.3) is 0 Å². The quantitative estimate of drug-likeness (QED) is 0.823. The predicted octanol–water partition coefficient (Wildman–Crippen LogP) is 2.39. The zero-order valence-electron chi connectivity index (χ0n) is 10.9. The maximum atomic E-state index is 12.1. The first-order valence-electron chi connectivity index (χ1n) is 6.22. The predicted molar refractivity (Wildman–Crippen MR) is 70.3 cm³/mol. The number of carbonyl (C=O) groups is 1. The third-order valence-corrected chi connectivity index (χ3v) is 2.61. The third kappa shape index (κ3) is 3.73. The molecule has 4 heteroatoms. The van der Waals surface area contributed by atoms with Crippen LogP contribution in [-0.2, 0) is 0 Å². The van der Waals surface area contributed by atoms with Crippen LogP contribution in [0.1, 0.15) is 37.7 Å². The van der Waals surface area contributed by atoms with Gasteiger partial charge in [0.25, 0.3) is 5.91 Å². The van der Waals surface area contributed by atoms with E-state index in [1.54, 1.807) is 11.1 Å². The molecule has 0 atom stereocenters. The van der Waals surface area contributed by atoms with E-state index in [-0.39, 0.29) is 5.91 Å². The van der Waals surface area contributed by atoms with Crippen LogP contribution in [0.5, 0.6) is 0 Å². The Morgan fingerprint density at radius 3 is 2.65 bits per heavy atom. The van der Waals surface area contributed by atoms with Gasteiger partial charge in [0.05, 0.1) is 0 Å². The molecule has 0 radical (unpaired) electrons. The summed E-state index contributed by atoms with van der Waals surface area (Å²) < 4.78 is 0. The first-order chi connectivity index (χ1) is 8.22. The SMILES string of the molecule is CCCNc1ccnc(C(=O)N(CC)CC)c1. The van der Waals surface area contributed by atoms with E-state index in [9.17, 15) is 4.79 Å². The molecule has 1 aromatic rings. The molecule has 0 bridgehead atoms. The highest BCUT2D eigenvalue weighted by atomic mass is 16.2. The van der Waals surface area contributed by atoms with Gasteiger partial charge in [0, 0.05) is 31.5 Å². The van der Waals surface area contributed by atoms with Crippen molar-refractivity contribution in [2.24, 2.45) is 0 Å². The van der Waals surface area contributed by atoms with E-state index in [4.69, 9.17) is 0 Å². The second-order valence-corrected chi connectivity index (χ2v) is 3.83. The first-order valence-corrected chi connectivity index (χ1v) is 6.22. The summed E-state index contributed by atoms with van der Waals surface area (Å²) in [4.78, 5) is 18.0. The van der Waals surface area contributed by atoms with Crippen molar-refractivity contribution in [3.63, 3.8) is 0 Å². The highest BCUT2D eigenvalue weighted by Gasteiger charge is 2.13. The molecule has 1 aromatic heterocycles. The summed E-state index contributed by atoms with van der Waals surface area (Å²) >= 11 is 0. The van der Waals surface area contributed by atoms with Gasteiger partial charge in [-0.05, 0) is 32.4 Å². The molecule has 0 aliphatic heterocycles. The van der Waals surface area contributed by atoms with Gasteiger partial charge in [-0.15, -0.1) is 0 Å². The molecular weight excluding hydrogens is 214 g/mol. The van der Waals surface area contributed by atoms with Gasteiger partial charge in [0.1, 0.15) is 5.69 Å². The lowest BCUT2D eigenvalue weighted by atomic mass is 10.2.